The summed E-state index contributed by atoms with van der Waals surface area (Å²) in [5, 5.41) is 13.2. The summed E-state index contributed by atoms with van der Waals surface area (Å²) in [5.41, 5.74) is 1.56. The Morgan fingerprint density at radius 2 is 1.86 bits per heavy atom. The van der Waals surface area contributed by atoms with E-state index in [4.69, 9.17) is 44.8 Å². The molecule has 0 aliphatic rings. The standard InChI is InChI=1S/C15H11Cl3N2O/c16-13-4-5-14(17)15(18)12(13)9-20-10-2-1-3-11(8-10)21-7-6-19/h1-5,8,20H,7,9H2. The molecule has 0 spiro atoms. The van der Waals surface area contributed by atoms with E-state index >= 15 is 0 Å². The molecular formula is C15H11Cl3N2O. The van der Waals surface area contributed by atoms with Crippen molar-refractivity contribution in [2.45, 2.75) is 6.54 Å². The molecule has 0 aromatic heterocycles. The number of hydrogen-bond acceptors (Lipinski definition) is 3. The second-order valence-electron chi connectivity index (χ2n) is 4.15. The highest BCUT2D eigenvalue weighted by molar-refractivity contribution is 6.44. The second kappa shape index (κ2) is 7.42. The van der Waals surface area contributed by atoms with Gasteiger partial charge in [0.15, 0.2) is 6.61 Å². The van der Waals surface area contributed by atoms with E-state index in [0.717, 1.165) is 11.3 Å². The first-order valence-corrected chi connectivity index (χ1v) is 7.21. The average Bonchev–Trinajstić information content (AvgIpc) is 2.49. The van der Waals surface area contributed by atoms with Crippen molar-refractivity contribution in [2.75, 3.05) is 11.9 Å². The van der Waals surface area contributed by atoms with Crippen LogP contribution in [0.15, 0.2) is 36.4 Å². The van der Waals surface area contributed by atoms with Gasteiger partial charge in [0.25, 0.3) is 0 Å². The van der Waals surface area contributed by atoms with E-state index in [1.54, 1.807) is 24.3 Å². The fourth-order valence-electron chi connectivity index (χ4n) is 1.73. The summed E-state index contributed by atoms with van der Waals surface area (Å²) < 4.78 is 5.24. The minimum absolute atomic E-state index is 0.00933. The molecule has 0 fully saturated rings. The lowest BCUT2D eigenvalue weighted by atomic mass is 10.2. The molecule has 2 rings (SSSR count). The van der Waals surface area contributed by atoms with Gasteiger partial charge in [-0.1, -0.05) is 40.9 Å². The monoisotopic (exact) mass is 340 g/mol. The SMILES string of the molecule is N#CCOc1cccc(NCc2c(Cl)ccc(Cl)c2Cl)c1. The Balaban J connectivity index is 2.10. The summed E-state index contributed by atoms with van der Waals surface area (Å²) in [6.45, 7) is 0.440. The van der Waals surface area contributed by atoms with Crippen molar-refractivity contribution >= 4 is 40.5 Å². The van der Waals surface area contributed by atoms with Crippen LogP contribution in [0.2, 0.25) is 15.1 Å². The highest BCUT2D eigenvalue weighted by Gasteiger charge is 2.09. The summed E-state index contributed by atoms with van der Waals surface area (Å²) >= 11 is 18.3. The molecule has 2 aromatic carbocycles. The smallest absolute Gasteiger partial charge is 0.174 e. The van der Waals surface area contributed by atoms with Gasteiger partial charge in [0.1, 0.15) is 11.8 Å². The van der Waals surface area contributed by atoms with Crippen molar-refractivity contribution in [3.05, 3.63) is 57.0 Å². The predicted molar refractivity (Wildman–Crippen MR) is 86.3 cm³/mol. The maximum Gasteiger partial charge on any atom is 0.174 e. The Labute approximate surface area is 138 Å². The molecule has 0 saturated heterocycles. The first kappa shape index (κ1) is 15.8. The number of ether oxygens (including phenoxy) is 1. The average molecular weight is 342 g/mol. The van der Waals surface area contributed by atoms with Crippen molar-refractivity contribution < 1.29 is 4.74 Å². The molecule has 0 saturated carbocycles. The van der Waals surface area contributed by atoms with E-state index < -0.39 is 0 Å². The molecule has 6 heteroatoms. The van der Waals surface area contributed by atoms with Crippen LogP contribution in [0.5, 0.6) is 5.75 Å². The molecule has 0 amide bonds. The quantitative estimate of drug-likeness (QED) is 0.764. The van der Waals surface area contributed by atoms with Gasteiger partial charge in [-0.2, -0.15) is 5.26 Å². The number of benzene rings is 2. The molecule has 2 aromatic rings. The highest BCUT2D eigenvalue weighted by Crippen LogP contribution is 2.32. The highest BCUT2D eigenvalue weighted by atomic mass is 35.5. The van der Waals surface area contributed by atoms with Crippen LogP contribution in [0, 0.1) is 11.3 Å². The molecule has 0 bridgehead atoms. The molecular weight excluding hydrogens is 331 g/mol. The fourth-order valence-corrected chi connectivity index (χ4v) is 2.41. The van der Waals surface area contributed by atoms with Gasteiger partial charge in [-0.15, -0.1) is 0 Å². The number of nitriles is 1. The number of hydrogen-bond donors (Lipinski definition) is 1. The van der Waals surface area contributed by atoms with Gasteiger partial charge < -0.3 is 10.1 Å². The van der Waals surface area contributed by atoms with E-state index in [0.29, 0.717) is 27.4 Å². The Hall–Kier alpha value is -1.60. The fraction of sp³-hybridized carbons (Fsp3) is 0.133. The van der Waals surface area contributed by atoms with Crippen LogP contribution < -0.4 is 10.1 Å². The zero-order valence-electron chi connectivity index (χ0n) is 10.9. The number of nitrogens with zero attached hydrogens (tertiary/aromatic N) is 1. The summed E-state index contributed by atoms with van der Waals surface area (Å²) in [5.74, 6) is 0.616. The van der Waals surface area contributed by atoms with Gasteiger partial charge in [-0.05, 0) is 24.3 Å². The molecule has 108 valence electrons. The number of nitrogens with one attached hydrogen (secondary N) is 1. The summed E-state index contributed by atoms with van der Waals surface area (Å²) in [6, 6.07) is 12.6. The van der Waals surface area contributed by atoms with Crippen LogP contribution in [0.25, 0.3) is 0 Å². The maximum absolute atomic E-state index is 8.50. The van der Waals surface area contributed by atoms with Gasteiger partial charge in [0.2, 0.25) is 0 Å². The third kappa shape index (κ3) is 4.18. The molecule has 0 radical (unpaired) electrons. The summed E-state index contributed by atoms with van der Waals surface area (Å²) in [4.78, 5) is 0. The minimum Gasteiger partial charge on any atom is -0.479 e. The van der Waals surface area contributed by atoms with Crippen LogP contribution in [0.1, 0.15) is 5.56 Å². The van der Waals surface area contributed by atoms with E-state index in [1.807, 2.05) is 18.2 Å². The minimum atomic E-state index is 0.00933. The molecule has 0 heterocycles. The topological polar surface area (TPSA) is 45.0 Å². The van der Waals surface area contributed by atoms with Gasteiger partial charge in [-0.3, -0.25) is 0 Å². The lowest BCUT2D eigenvalue weighted by Crippen LogP contribution is -2.02. The molecule has 21 heavy (non-hydrogen) atoms. The predicted octanol–water partition coefficient (Wildman–Crippen LogP) is 5.16. The Morgan fingerprint density at radius 1 is 1.10 bits per heavy atom. The maximum atomic E-state index is 8.50. The lowest BCUT2D eigenvalue weighted by molar-refractivity contribution is 0.368. The van der Waals surface area contributed by atoms with E-state index in [2.05, 4.69) is 5.32 Å². The van der Waals surface area contributed by atoms with Crippen LogP contribution >= 0.6 is 34.8 Å². The lowest BCUT2D eigenvalue weighted by Gasteiger charge is -2.12. The van der Waals surface area contributed by atoms with Crippen LogP contribution in [-0.2, 0) is 6.54 Å². The van der Waals surface area contributed by atoms with Crippen LogP contribution in [0.3, 0.4) is 0 Å². The first-order chi connectivity index (χ1) is 10.1. The molecule has 0 aliphatic heterocycles. The van der Waals surface area contributed by atoms with E-state index in [1.165, 1.54) is 0 Å². The van der Waals surface area contributed by atoms with Crippen LogP contribution in [0.4, 0.5) is 5.69 Å². The van der Waals surface area contributed by atoms with Crippen molar-refractivity contribution in [2.24, 2.45) is 0 Å². The van der Waals surface area contributed by atoms with E-state index in [-0.39, 0.29) is 6.61 Å². The van der Waals surface area contributed by atoms with Gasteiger partial charge >= 0.3 is 0 Å². The van der Waals surface area contributed by atoms with E-state index in [9.17, 15) is 0 Å². The molecule has 0 aliphatic carbocycles. The van der Waals surface area contributed by atoms with Gasteiger partial charge in [0, 0.05) is 28.9 Å². The zero-order chi connectivity index (χ0) is 15.2. The summed E-state index contributed by atoms with van der Waals surface area (Å²) in [6.07, 6.45) is 0. The largest absolute Gasteiger partial charge is 0.479 e. The second-order valence-corrected chi connectivity index (χ2v) is 5.34. The Kier molecular flexibility index (Phi) is 5.58. The third-order valence-electron chi connectivity index (χ3n) is 2.75. The van der Waals surface area contributed by atoms with Crippen molar-refractivity contribution in [3.63, 3.8) is 0 Å². The zero-order valence-corrected chi connectivity index (χ0v) is 13.1. The van der Waals surface area contributed by atoms with Crippen molar-refractivity contribution in [1.82, 2.24) is 0 Å². The summed E-state index contributed by atoms with van der Waals surface area (Å²) in [7, 11) is 0. The van der Waals surface area contributed by atoms with Gasteiger partial charge in [0.05, 0.1) is 10.0 Å². The first-order valence-electron chi connectivity index (χ1n) is 6.08. The molecule has 1 N–H and O–H groups in total. The molecule has 3 nitrogen and oxygen atoms in total. The van der Waals surface area contributed by atoms with Gasteiger partial charge in [-0.25, -0.2) is 0 Å². The van der Waals surface area contributed by atoms with Crippen molar-refractivity contribution in [1.29, 1.82) is 5.26 Å². The van der Waals surface area contributed by atoms with Crippen LogP contribution in [-0.4, -0.2) is 6.61 Å². The number of anilines is 1. The molecule has 0 atom stereocenters. The Bertz CT molecular complexity index is 683. The number of rotatable bonds is 5. The number of halogens is 3. The normalized spacial score (nSPS) is 10.0. The third-order valence-corrected chi connectivity index (χ3v) is 3.94. The Morgan fingerprint density at radius 3 is 2.62 bits per heavy atom. The molecule has 0 unspecified atom stereocenters. The van der Waals surface area contributed by atoms with Crippen molar-refractivity contribution in [3.8, 4) is 11.8 Å².